The SMILES string of the molecule is CC(NC(=O)c1nc(Nc2ccccc2)sc1I)c1ccccc1. The highest BCUT2D eigenvalue weighted by Gasteiger charge is 2.19. The lowest BCUT2D eigenvalue weighted by Crippen LogP contribution is -2.27. The molecule has 0 aliphatic carbocycles. The number of thiazole rings is 1. The zero-order valence-corrected chi connectivity index (χ0v) is 16.0. The number of nitrogens with one attached hydrogen (secondary N) is 2. The number of halogens is 1. The summed E-state index contributed by atoms with van der Waals surface area (Å²) in [7, 11) is 0. The van der Waals surface area contributed by atoms with E-state index >= 15 is 0 Å². The molecule has 2 aromatic carbocycles. The van der Waals surface area contributed by atoms with E-state index in [1.165, 1.54) is 11.3 Å². The summed E-state index contributed by atoms with van der Waals surface area (Å²) in [6, 6.07) is 19.6. The Morgan fingerprint density at radius 3 is 2.38 bits per heavy atom. The van der Waals surface area contributed by atoms with Gasteiger partial charge in [-0.25, -0.2) is 4.98 Å². The maximum absolute atomic E-state index is 12.5. The summed E-state index contributed by atoms with van der Waals surface area (Å²) in [5.74, 6) is -0.159. The second-order valence-electron chi connectivity index (χ2n) is 5.24. The molecule has 2 N–H and O–H groups in total. The van der Waals surface area contributed by atoms with Crippen LogP contribution in [0.2, 0.25) is 0 Å². The zero-order chi connectivity index (χ0) is 16.9. The van der Waals surface area contributed by atoms with Gasteiger partial charge in [0.15, 0.2) is 10.8 Å². The molecule has 0 aliphatic heterocycles. The van der Waals surface area contributed by atoms with Crippen LogP contribution in [0, 0.1) is 2.88 Å². The molecule has 3 aromatic rings. The van der Waals surface area contributed by atoms with E-state index in [0.29, 0.717) is 10.8 Å². The minimum Gasteiger partial charge on any atom is -0.344 e. The van der Waals surface area contributed by atoms with Gasteiger partial charge in [0.05, 0.1) is 6.04 Å². The number of nitrogens with zero attached hydrogens (tertiary/aromatic N) is 1. The number of benzene rings is 2. The van der Waals surface area contributed by atoms with Crippen molar-refractivity contribution < 1.29 is 4.79 Å². The maximum Gasteiger partial charge on any atom is 0.272 e. The second-order valence-corrected chi connectivity index (χ2v) is 8.05. The average Bonchev–Trinajstić information content (AvgIpc) is 2.97. The molecule has 24 heavy (non-hydrogen) atoms. The van der Waals surface area contributed by atoms with Crippen LogP contribution in [0.1, 0.15) is 29.0 Å². The van der Waals surface area contributed by atoms with Crippen molar-refractivity contribution in [2.75, 3.05) is 5.32 Å². The fraction of sp³-hybridized carbons (Fsp3) is 0.111. The third-order valence-electron chi connectivity index (χ3n) is 3.47. The van der Waals surface area contributed by atoms with Crippen molar-refractivity contribution in [1.82, 2.24) is 10.3 Å². The molecule has 6 heteroatoms. The van der Waals surface area contributed by atoms with Crippen molar-refractivity contribution in [1.29, 1.82) is 0 Å². The molecule has 1 heterocycles. The van der Waals surface area contributed by atoms with Crippen molar-refractivity contribution in [3.63, 3.8) is 0 Å². The van der Waals surface area contributed by atoms with Crippen LogP contribution in [0.3, 0.4) is 0 Å². The number of amides is 1. The average molecular weight is 449 g/mol. The fourth-order valence-corrected chi connectivity index (χ4v) is 3.93. The highest BCUT2D eigenvalue weighted by atomic mass is 127. The van der Waals surface area contributed by atoms with Crippen molar-refractivity contribution in [2.45, 2.75) is 13.0 Å². The monoisotopic (exact) mass is 449 g/mol. The van der Waals surface area contributed by atoms with Crippen LogP contribution >= 0.6 is 33.9 Å². The van der Waals surface area contributed by atoms with Gasteiger partial charge in [0, 0.05) is 5.69 Å². The topological polar surface area (TPSA) is 54.0 Å². The number of rotatable bonds is 5. The Morgan fingerprint density at radius 2 is 1.71 bits per heavy atom. The molecule has 122 valence electrons. The number of hydrogen-bond donors (Lipinski definition) is 2. The van der Waals surface area contributed by atoms with E-state index < -0.39 is 0 Å². The molecular weight excluding hydrogens is 433 g/mol. The van der Waals surface area contributed by atoms with Gasteiger partial charge in [-0.1, -0.05) is 59.9 Å². The molecule has 1 unspecified atom stereocenters. The van der Waals surface area contributed by atoms with Crippen molar-refractivity contribution >= 4 is 50.7 Å². The first kappa shape index (κ1) is 16.9. The predicted octanol–water partition coefficient (Wildman–Crippen LogP) is 4.98. The third-order valence-corrected chi connectivity index (χ3v) is 5.40. The molecule has 0 aliphatic rings. The zero-order valence-electron chi connectivity index (χ0n) is 13.0. The number of aromatic nitrogens is 1. The lowest BCUT2D eigenvalue weighted by molar-refractivity contribution is 0.0935. The van der Waals surface area contributed by atoms with Gasteiger partial charge in [0.25, 0.3) is 5.91 Å². The standard InChI is InChI=1S/C18H16IN3OS/c1-12(13-8-4-2-5-9-13)20-17(23)15-16(19)24-18(22-15)21-14-10-6-3-7-11-14/h2-12H,1H3,(H,20,23)(H,21,22). The molecular formula is C18H16IN3OS. The van der Waals surface area contributed by atoms with Crippen LogP contribution in [-0.4, -0.2) is 10.9 Å². The Hall–Kier alpha value is -1.93. The summed E-state index contributed by atoms with van der Waals surface area (Å²) in [6.45, 7) is 1.97. The molecule has 0 bridgehead atoms. The van der Waals surface area contributed by atoms with Gasteiger partial charge in [-0.05, 0) is 47.2 Å². The minimum absolute atomic E-state index is 0.0678. The number of para-hydroxylation sites is 1. The molecule has 0 fully saturated rings. The Balaban J connectivity index is 1.71. The molecule has 4 nitrogen and oxygen atoms in total. The number of hydrogen-bond acceptors (Lipinski definition) is 4. The van der Waals surface area contributed by atoms with Crippen LogP contribution in [-0.2, 0) is 0 Å². The lowest BCUT2D eigenvalue weighted by atomic mass is 10.1. The predicted molar refractivity (Wildman–Crippen MR) is 107 cm³/mol. The summed E-state index contributed by atoms with van der Waals surface area (Å²) in [5, 5.41) is 6.94. The highest BCUT2D eigenvalue weighted by molar-refractivity contribution is 14.1. The van der Waals surface area contributed by atoms with Crippen LogP contribution in [0.5, 0.6) is 0 Å². The first-order valence-corrected chi connectivity index (χ1v) is 9.37. The first-order chi connectivity index (χ1) is 11.6. The van der Waals surface area contributed by atoms with Gasteiger partial charge in [0.1, 0.15) is 2.88 Å². The van der Waals surface area contributed by atoms with Gasteiger partial charge in [-0.2, -0.15) is 0 Å². The van der Waals surface area contributed by atoms with Crippen LogP contribution in [0.15, 0.2) is 60.7 Å². The van der Waals surface area contributed by atoms with Gasteiger partial charge < -0.3 is 10.6 Å². The lowest BCUT2D eigenvalue weighted by Gasteiger charge is -2.13. The van der Waals surface area contributed by atoms with Crippen LogP contribution in [0.4, 0.5) is 10.8 Å². The molecule has 1 atom stereocenters. The van der Waals surface area contributed by atoms with Crippen molar-refractivity contribution in [3.8, 4) is 0 Å². The second kappa shape index (κ2) is 7.76. The van der Waals surface area contributed by atoms with E-state index in [-0.39, 0.29) is 11.9 Å². The summed E-state index contributed by atoms with van der Waals surface area (Å²) >= 11 is 3.62. The fourth-order valence-electron chi connectivity index (χ4n) is 2.23. The van der Waals surface area contributed by atoms with Gasteiger partial charge >= 0.3 is 0 Å². The van der Waals surface area contributed by atoms with E-state index in [2.05, 4.69) is 38.2 Å². The smallest absolute Gasteiger partial charge is 0.272 e. The maximum atomic E-state index is 12.5. The molecule has 1 amide bonds. The molecule has 0 spiro atoms. The number of anilines is 2. The van der Waals surface area contributed by atoms with Gasteiger partial charge in [0.2, 0.25) is 0 Å². The van der Waals surface area contributed by atoms with E-state index in [4.69, 9.17) is 0 Å². The quantitative estimate of drug-likeness (QED) is 0.541. The molecule has 3 rings (SSSR count). The van der Waals surface area contributed by atoms with Gasteiger partial charge in [-0.15, -0.1) is 0 Å². The Bertz CT molecular complexity index is 821. The Kier molecular flexibility index (Phi) is 5.47. The summed E-state index contributed by atoms with van der Waals surface area (Å²) in [4.78, 5) is 17.0. The van der Waals surface area contributed by atoms with Crippen LogP contribution in [0.25, 0.3) is 0 Å². The van der Waals surface area contributed by atoms with E-state index in [0.717, 1.165) is 14.1 Å². The summed E-state index contributed by atoms with van der Waals surface area (Å²) < 4.78 is 0.865. The first-order valence-electron chi connectivity index (χ1n) is 7.47. The van der Waals surface area contributed by atoms with E-state index in [9.17, 15) is 4.79 Å². The highest BCUT2D eigenvalue weighted by Crippen LogP contribution is 2.27. The molecule has 0 saturated carbocycles. The van der Waals surface area contributed by atoms with Gasteiger partial charge in [-0.3, -0.25) is 4.79 Å². The van der Waals surface area contributed by atoms with Crippen LogP contribution < -0.4 is 10.6 Å². The normalized spacial score (nSPS) is 11.8. The third kappa shape index (κ3) is 4.12. The van der Waals surface area contributed by atoms with Crippen molar-refractivity contribution in [3.05, 3.63) is 74.8 Å². The number of carbonyl (C=O) groups excluding carboxylic acids is 1. The largest absolute Gasteiger partial charge is 0.344 e. The Morgan fingerprint density at radius 1 is 1.08 bits per heavy atom. The summed E-state index contributed by atoms with van der Waals surface area (Å²) in [5.41, 5.74) is 2.48. The minimum atomic E-state index is -0.159. The van der Waals surface area contributed by atoms with E-state index in [1.807, 2.05) is 67.6 Å². The molecule has 1 aromatic heterocycles. The molecule has 0 saturated heterocycles. The van der Waals surface area contributed by atoms with Crippen molar-refractivity contribution in [2.24, 2.45) is 0 Å². The van der Waals surface area contributed by atoms with E-state index in [1.54, 1.807) is 0 Å². The summed E-state index contributed by atoms with van der Waals surface area (Å²) in [6.07, 6.45) is 0. The molecule has 0 radical (unpaired) electrons. The number of carbonyl (C=O) groups is 1. The Labute approximate surface area is 158 Å².